The molecule has 0 aliphatic carbocycles. The van der Waals surface area contributed by atoms with Gasteiger partial charge in [0.2, 0.25) is 5.91 Å². The number of nitrogens with zero attached hydrogens (tertiary/aromatic N) is 1. The maximum atomic E-state index is 11.9. The Morgan fingerprint density at radius 3 is 2.50 bits per heavy atom. The van der Waals surface area contributed by atoms with Gasteiger partial charge in [0.05, 0.1) is 6.10 Å². The Bertz CT molecular complexity index is 293. The molecule has 1 aliphatic heterocycles. The molecule has 0 aromatic rings. The first-order valence-corrected chi connectivity index (χ1v) is 6.76. The highest BCUT2D eigenvalue weighted by atomic mass is 16.4. The molecular weight excluding hydrogens is 234 g/mol. The maximum absolute atomic E-state index is 11.9. The molecule has 1 rings (SSSR count). The van der Waals surface area contributed by atoms with Gasteiger partial charge in [0.15, 0.2) is 0 Å². The van der Waals surface area contributed by atoms with E-state index in [0.717, 1.165) is 25.7 Å². The first-order valence-electron chi connectivity index (χ1n) is 6.76. The number of rotatable bonds is 7. The molecule has 0 saturated carbocycles. The van der Waals surface area contributed by atoms with Crippen LogP contribution in [-0.4, -0.2) is 45.7 Å². The second-order valence-corrected chi connectivity index (χ2v) is 4.95. The first kappa shape index (κ1) is 15.0. The zero-order valence-electron chi connectivity index (χ0n) is 11.0. The third-order valence-electron chi connectivity index (χ3n) is 3.38. The quantitative estimate of drug-likeness (QED) is 0.676. The van der Waals surface area contributed by atoms with Gasteiger partial charge in [-0.1, -0.05) is 32.6 Å². The first-order chi connectivity index (χ1) is 8.56. The fourth-order valence-electron chi connectivity index (χ4n) is 2.35. The van der Waals surface area contributed by atoms with E-state index in [1.54, 1.807) is 0 Å². The lowest BCUT2D eigenvalue weighted by Crippen LogP contribution is -2.40. The summed E-state index contributed by atoms with van der Waals surface area (Å²) in [5.74, 6) is -1.17. The number of aliphatic hydroxyl groups excluding tert-OH is 1. The van der Waals surface area contributed by atoms with Crippen LogP contribution in [0.15, 0.2) is 0 Å². The van der Waals surface area contributed by atoms with Crippen LogP contribution in [0.5, 0.6) is 0 Å². The minimum atomic E-state index is -1.02. The van der Waals surface area contributed by atoms with Crippen molar-refractivity contribution in [1.29, 1.82) is 0 Å². The standard InChI is InChI=1S/C13H23NO4/c1-2-3-4-5-6-7-12(16)14-9-10(15)8-11(14)13(17)18/h10-11,15H,2-9H2,1H3,(H,17,18)/t10-,11+/m1/s1. The Morgan fingerprint density at radius 1 is 1.22 bits per heavy atom. The largest absolute Gasteiger partial charge is 0.480 e. The van der Waals surface area contributed by atoms with E-state index >= 15 is 0 Å². The van der Waals surface area contributed by atoms with E-state index in [2.05, 4.69) is 6.92 Å². The molecule has 5 heteroatoms. The van der Waals surface area contributed by atoms with Crippen molar-refractivity contribution in [2.24, 2.45) is 0 Å². The Hall–Kier alpha value is -1.10. The van der Waals surface area contributed by atoms with Crippen LogP contribution in [0.3, 0.4) is 0 Å². The number of hydrogen-bond donors (Lipinski definition) is 2. The fraction of sp³-hybridized carbons (Fsp3) is 0.846. The van der Waals surface area contributed by atoms with E-state index in [1.165, 1.54) is 11.3 Å². The predicted molar refractivity (Wildman–Crippen MR) is 67.1 cm³/mol. The topological polar surface area (TPSA) is 77.8 Å². The normalized spacial score (nSPS) is 23.3. The molecule has 1 aliphatic rings. The zero-order chi connectivity index (χ0) is 13.5. The van der Waals surface area contributed by atoms with E-state index < -0.39 is 18.1 Å². The molecular formula is C13H23NO4. The molecule has 2 atom stereocenters. The molecule has 18 heavy (non-hydrogen) atoms. The summed E-state index contributed by atoms with van der Waals surface area (Å²) in [5.41, 5.74) is 0. The molecule has 0 aromatic carbocycles. The lowest BCUT2D eigenvalue weighted by Gasteiger charge is -2.21. The van der Waals surface area contributed by atoms with Crippen molar-refractivity contribution in [2.45, 2.75) is 64.0 Å². The highest BCUT2D eigenvalue weighted by Gasteiger charge is 2.38. The number of carbonyl (C=O) groups is 2. The van der Waals surface area contributed by atoms with Crippen LogP contribution in [0.4, 0.5) is 0 Å². The van der Waals surface area contributed by atoms with E-state index in [9.17, 15) is 14.7 Å². The molecule has 1 fully saturated rings. The fourth-order valence-corrected chi connectivity index (χ4v) is 2.35. The average Bonchev–Trinajstić information content (AvgIpc) is 2.71. The minimum absolute atomic E-state index is 0.143. The van der Waals surface area contributed by atoms with Crippen LogP contribution in [0.2, 0.25) is 0 Å². The van der Waals surface area contributed by atoms with Crippen LogP contribution in [0, 0.1) is 0 Å². The number of hydrogen-bond acceptors (Lipinski definition) is 3. The average molecular weight is 257 g/mol. The molecule has 104 valence electrons. The molecule has 1 amide bonds. The van der Waals surface area contributed by atoms with Gasteiger partial charge in [-0.3, -0.25) is 4.79 Å². The zero-order valence-corrected chi connectivity index (χ0v) is 11.0. The molecule has 0 radical (unpaired) electrons. The van der Waals surface area contributed by atoms with Crippen molar-refractivity contribution >= 4 is 11.9 Å². The molecule has 5 nitrogen and oxygen atoms in total. The number of unbranched alkanes of at least 4 members (excludes halogenated alkanes) is 4. The van der Waals surface area contributed by atoms with Crippen molar-refractivity contribution in [2.75, 3.05) is 6.54 Å². The number of aliphatic carboxylic acids is 1. The van der Waals surface area contributed by atoms with Crippen LogP contribution < -0.4 is 0 Å². The van der Waals surface area contributed by atoms with Crippen molar-refractivity contribution in [3.8, 4) is 0 Å². The summed E-state index contributed by atoms with van der Waals surface area (Å²) in [6.45, 7) is 2.29. The number of carbonyl (C=O) groups excluding carboxylic acids is 1. The van der Waals surface area contributed by atoms with Gasteiger partial charge in [0.25, 0.3) is 0 Å². The number of carboxylic acids is 1. The van der Waals surface area contributed by atoms with Gasteiger partial charge in [-0.25, -0.2) is 4.79 Å². The summed E-state index contributed by atoms with van der Waals surface area (Å²) in [7, 11) is 0. The predicted octanol–water partition coefficient (Wildman–Crippen LogP) is 1.39. The van der Waals surface area contributed by atoms with Gasteiger partial charge in [-0.05, 0) is 6.42 Å². The molecule has 1 saturated heterocycles. The van der Waals surface area contributed by atoms with Crippen molar-refractivity contribution in [3.05, 3.63) is 0 Å². The van der Waals surface area contributed by atoms with E-state index in [4.69, 9.17) is 5.11 Å². The Balaban J connectivity index is 2.33. The monoisotopic (exact) mass is 257 g/mol. The summed E-state index contributed by atoms with van der Waals surface area (Å²) in [6, 6.07) is -0.844. The second-order valence-electron chi connectivity index (χ2n) is 4.95. The van der Waals surface area contributed by atoms with Gasteiger partial charge in [0, 0.05) is 19.4 Å². The van der Waals surface area contributed by atoms with Gasteiger partial charge < -0.3 is 15.1 Å². The van der Waals surface area contributed by atoms with Crippen molar-refractivity contribution in [3.63, 3.8) is 0 Å². The van der Waals surface area contributed by atoms with Crippen LogP contribution in [0.25, 0.3) is 0 Å². The third-order valence-corrected chi connectivity index (χ3v) is 3.38. The summed E-state index contributed by atoms with van der Waals surface area (Å²) in [6.07, 6.45) is 5.11. The van der Waals surface area contributed by atoms with E-state index in [-0.39, 0.29) is 18.9 Å². The highest BCUT2D eigenvalue weighted by Crippen LogP contribution is 2.20. The number of amides is 1. The summed E-state index contributed by atoms with van der Waals surface area (Å²) in [4.78, 5) is 24.2. The van der Waals surface area contributed by atoms with Gasteiger partial charge in [-0.15, -0.1) is 0 Å². The Morgan fingerprint density at radius 2 is 1.89 bits per heavy atom. The third kappa shape index (κ3) is 4.29. The number of aliphatic hydroxyl groups is 1. The van der Waals surface area contributed by atoms with E-state index in [1.807, 2.05) is 0 Å². The molecule has 2 N–H and O–H groups in total. The minimum Gasteiger partial charge on any atom is -0.480 e. The van der Waals surface area contributed by atoms with Crippen molar-refractivity contribution in [1.82, 2.24) is 4.90 Å². The maximum Gasteiger partial charge on any atom is 0.326 e. The number of β-amino-alcohol motifs (C(OH)–C–C–N with tert-alkyl or cyclic N) is 1. The van der Waals surface area contributed by atoms with Gasteiger partial charge in [0.1, 0.15) is 6.04 Å². The van der Waals surface area contributed by atoms with Crippen LogP contribution in [-0.2, 0) is 9.59 Å². The Labute approximate surface area is 108 Å². The molecule has 1 heterocycles. The second kappa shape index (κ2) is 7.36. The SMILES string of the molecule is CCCCCCCC(=O)N1C[C@H](O)C[C@H]1C(=O)O. The lowest BCUT2D eigenvalue weighted by molar-refractivity contribution is -0.148. The van der Waals surface area contributed by atoms with Crippen LogP contribution >= 0.6 is 0 Å². The molecule has 0 bridgehead atoms. The Kier molecular flexibility index (Phi) is 6.12. The molecule has 0 unspecified atom stereocenters. The summed E-state index contributed by atoms with van der Waals surface area (Å²) in [5, 5.41) is 18.4. The van der Waals surface area contributed by atoms with Crippen molar-refractivity contribution < 1.29 is 19.8 Å². The van der Waals surface area contributed by atoms with E-state index in [0.29, 0.717) is 6.42 Å². The number of carboxylic acid groups (broad SMARTS) is 1. The summed E-state index contributed by atoms with van der Waals surface area (Å²) < 4.78 is 0. The van der Waals surface area contributed by atoms with Gasteiger partial charge in [-0.2, -0.15) is 0 Å². The smallest absolute Gasteiger partial charge is 0.326 e. The number of likely N-dealkylation sites (tertiary alicyclic amines) is 1. The molecule has 0 aromatic heterocycles. The summed E-state index contributed by atoms with van der Waals surface area (Å²) >= 11 is 0. The molecule has 0 spiro atoms. The van der Waals surface area contributed by atoms with Gasteiger partial charge >= 0.3 is 5.97 Å². The highest BCUT2D eigenvalue weighted by molar-refractivity contribution is 5.84. The lowest BCUT2D eigenvalue weighted by atomic mass is 10.1. The van der Waals surface area contributed by atoms with Crippen LogP contribution in [0.1, 0.15) is 51.9 Å².